The Bertz CT molecular complexity index is 626. The fourth-order valence-electron chi connectivity index (χ4n) is 2.29. The first-order valence-electron chi connectivity index (χ1n) is 6.86. The quantitative estimate of drug-likeness (QED) is 0.654. The zero-order valence-electron chi connectivity index (χ0n) is 11.9. The lowest BCUT2D eigenvalue weighted by Gasteiger charge is -2.44. The van der Waals surface area contributed by atoms with Gasteiger partial charge in [-0.25, -0.2) is 9.98 Å². The van der Waals surface area contributed by atoms with E-state index in [-0.39, 0.29) is 5.92 Å². The Morgan fingerprint density at radius 3 is 2.70 bits per heavy atom. The summed E-state index contributed by atoms with van der Waals surface area (Å²) in [5.41, 5.74) is 5.96. The molecule has 2 aliphatic rings. The van der Waals surface area contributed by atoms with Crippen LogP contribution in [0.1, 0.15) is 0 Å². The summed E-state index contributed by atoms with van der Waals surface area (Å²) in [5.74, 6) is 0.0751. The van der Waals surface area contributed by atoms with Gasteiger partial charge in [-0.3, -0.25) is 0 Å². The minimum absolute atomic E-state index is 0.138. The van der Waals surface area contributed by atoms with E-state index >= 15 is 0 Å². The molecule has 1 fully saturated rings. The van der Waals surface area contributed by atoms with Gasteiger partial charge in [-0.15, -0.1) is 13.2 Å². The largest absolute Gasteiger partial charge is 0.574 e. The minimum atomic E-state index is -4.77. The number of amidine groups is 1. The second-order valence-corrected chi connectivity index (χ2v) is 5.22. The van der Waals surface area contributed by atoms with Gasteiger partial charge in [0.2, 0.25) is 5.88 Å². The van der Waals surface area contributed by atoms with Gasteiger partial charge >= 0.3 is 6.36 Å². The van der Waals surface area contributed by atoms with E-state index in [1.54, 1.807) is 12.4 Å². The second-order valence-electron chi connectivity index (χ2n) is 5.22. The van der Waals surface area contributed by atoms with E-state index in [0.717, 1.165) is 19.2 Å². The average molecular weight is 328 g/mol. The van der Waals surface area contributed by atoms with E-state index in [4.69, 9.17) is 5.73 Å². The highest BCUT2D eigenvalue weighted by atomic mass is 19.4. The molecule has 23 heavy (non-hydrogen) atoms. The van der Waals surface area contributed by atoms with Gasteiger partial charge in [-0.2, -0.15) is 0 Å². The highest BCUT2D eigenvalue weighted by Crippen LogP contribution is 2.24. The molecular weight excluding hydrogens is 313 g/mol. The molecule has 10 heteroatoms. The van der Waals surface area contributed by atoms with Crippen molar-refractivity contribution in [3.63, 3.8) is 0 Å². The zero-order valence-corrected chi connectivity index (χ0v) is 11.9. The molecule has 1 aromatic rings. The molecule has 1 saturated heterocycles. The van der Waals surface area contributed by atoms with E-state index in [9.17, 15) is 13.2 Å². The van der Waals surface area contributed by atoms with Crippen LogP contribution in [0, 0.1) is 5.92 Å². The smallest absolute Gasteiger partial charge is 0.388 e. The maximum atomic E-state index is 12.1. The van der Waals surface area contributed by atoms with Crippen LogP contribution in [0.4, 0.5) is 18.9 Å². The lowest BCUT2D eigenvalue weighted by atomic mass is 9.86. The average Bonchev–Trinajstić information content (AvgIpc) is 2.40. The van der Waals surface area contributed by atoms with Crippen molar-refractivity contribution < 1.29 is 17.9 Å². The number of nitrogens with zero attached hydrogens (tertiary/aromatic N) is 2. The van der Waals surface area contributed by atoms with Crippen molar-refractivity contribution in [1.82, 2.24) is 15.6 Å². The summed E-state index contributed by atoms with van der Waals surface area (Å²) < 4.78 is 40.1. The molecule has 0 aliphatic carbocycles. The molecular formula is C13H15F3N6O. The first kappa shape index (κ1) is 15.6. The first-order valence-corrected chi connectivity index (χ1v) is 6.86. The van der Waals surface area contributed by atoms with Gasteiger partial charge in [0.15, 0.2) is 5.66 Å². The number of aliphatic imine (C=N–C) groups is 1. The molecule has 5 N–H and O–H groups in total. The minimum Gasteiger partial charge on any atom is -0.388 e. The van der Waals surface area contributed by atoms with Gasteiger partial charge in [0, 0.05) is 37.5 Å². The van der Waals surface area contributed by atoms with Crippen LogP contribution < -0.4 is 26.4 Å². The Labute approximate surface area is 129 Å². The number of nitrogens with one attached hydrogen (secondary N) is 3. The number of ether oxygens (including phenoxy) is 1. The number of anilines is 1. The predicted octanol–water partition coefficient (Wildman–Crippen LogP) is 0.739. The Kier molecular flexibility index (Phi) is 3.86. The highest BCUT2D eigenvalue weighted by molar-refractivity contribution is 6.03. The first-order chi connectivity index (χ1) is 10.9. The summed E-state index contributed by atoms with van der Waals surface area (Å²) >= 11 is 0. The maximum Gasteiger partial charge on any atom is 0.574 e. The number of pyridine rings is 1. The van der Waals surface area contributed by atoms with Gasteiger partial charge < -0.3 is 26.4 Å². The monoisotopic (exact) mass is 328 g/mol. The molecule has 124 valence electrons. The fourth-order valence-corrected chi connectivity index (χ4v) is 2.29. The van der Waals surface area contributed by atoms with E-state index in [0.29, 0.717) is 11.5 Å². The fraction of sp³-hybridized carbons (Fsp3) is 0.385. The molecule has 0 bridgehead atoms. The summed E-state index contributed by atoms with van der Waals surface area (Å²) in [5, 5.41) is 9.21. The van der Waals surface area contributed by atoms with Crippen LogP contribution in [-0.2, 0) is 0 Å². The summed E-state index contributed by atoms with van der Waals surface area (Å²) in [6.07, 6.45) is -0.342. The molecule has 1 aromatic heterocycles. The van der Waals surface area contributed by atoms with Gasteiger partial charge in [-0.05, 0) is 6.07 Å². The van der Waals surface area contributed by atoms with Crippen LogP contribution >= 0.6 is 0 Å². The van der Waals surface area contributed by atoms with E-state index < -0.39 is 17.9 Å². The molecule has 3 heterocycles. The molecule has 0 amide bonds. The number of halogens is 3. The predicted molar refractivity (Wildman–Crippen MR) is 77.5 cm³/mol. The van der Waals surface area contributed by atoms with Crippen LogP contribution in [0.3, 0.4) is 0 Å². The van der Waals surface area contributed by atoms with Crippen molar-refractivity contribution in [2.75, 3.05) is 18.4 Å². The number of aromatic nitrogens is 1. The lowest BCUT2D eigenvalue weighted by Crippen LogP contribution is -2.72. The van der Waals surface area contributed by atoms with Crippen molar-refractivity contribution in [3.8, 4) is 5.88 Å². The van der Waals surface area contributed by atoms with Crippen molar-refractivity contribution in [3.05, 3.63) is 30.7 Å². The molecule has 1 atom stereocenters. The van der Waals surface area contributed by atoms with Crippen molar-refractivity contribution in [2.24, 2.45) is 16.6 Å². The molecule has 0 saturated carbocycles. The second kappa shape index (κ2) is 5.70. The summed E-state index contributed by atoms with van der Waals surface area (Å²) in [6, 6.07) is 2.53. The van der Waals surface area contributed by atoms with Crippen molar-refractivity contribution in [2.45, 2.75) is 12.0 Å². The van der Waals surface area contributed by atoms with E-state index in [1.165, 1.54) is 12.3 Å². The third-order valence-corrected chi connectivity index (χ3v) is 3.64. The van der Waals surface area contributed by atoms with E-state index in [2.05, 4.69) is 30.7 Å². The number of rotatable bonds is 3. The third-order valence-electron chi connectivity index (χ3n) is 3.64. The van der Waals surface area contributed by atoms with E-state index in [1.807, 2.05) is 0 Å². The third kappa shape index (κ3) is 3.37. The molecule has 2 aliphatic heterocycles. The number of hydrogen-bond acceptors (Lipinski definition) is 7. The maximum absolute atomic E-state index is 12.1. The number of hydrogen-bond donors (Lipinski definition) is 4. The van der Waals surface area contributed by atoms with Gasteiger partial charge in [-0.1, -0.05) is 0 Å². The van der Waals surface area contributed by atoms with Crippen LogP contribution in [-0.4, -0.2) is 35.9 Å². The van der Waals surface area contributed by atoms with Crippen molar-refractivity contribution in [1.29, 1.82) is 0 Å². The van der Waals surface area contributed by atoms with Gasteiger partial charge in [0.05, 0.1) is 11.9 Å². The topological polar surface area (TPSA) is 96.6 Å². The Hall–Kier alpha value is -2.33. The summed E-state index contributed by atoms with van der Waals surface area (Å²) in [4.78, 5) is 7.84. The number of nitrogens with two attached hydrogens (primary N) is 1. The Balaban J connectivity index is 1.72. The number of alkyl halides is 3. The lowest BCUT2D eigenvalue weighted by molar-refractivity contribution is -0.276. The normalized spacial score (nSPS) is 24.4. The molecule has 0 aromatic carbocycles. The molecule has 1 unspecified atom stereocenters. The Morgan fingerprint density at radius 1 is 1.35 bits per heavy atom. The summed E-state index contributed by atoms with van der Waals surface area (Å²) in [6.45, 7) is 1.49. The van der Waals surface area contributed by atoms with Crippen molar-refractivity contribution >= 4 is 11.5 Å². The van der Waals surface area contributed by atoms with Gasteiger partial charge in [0.25, 0.3) is 0 Å². The van der Waals surface area contributed by atoms with Crippen LogP contribution in [0.5, 0.6) is 5.88 Å². The van der Waals surface area contributed by atoms with Gasteiger partial charge in [0.1, 0.15) is 5.84 Å². The van der Waals surface area contributed by atoms with Crippen LogP contribution in [0.15, 0.2) is 35.7 Å². The van der Waals surface area contributed by atoms with Crippen LogP contribution in [0.2, 0.25) is 0 Å². The standard InChI is InChI=1S/C13H15F3N6O/c14-13(15,16)23-10-2-1-9(7-20-10)22-11-12(17,8-5-18-6-8)21-4-3-19-11/h1-4,7-8,18,21H,5-6,17H2,(H,19,22). The molecule has 0 radical (unpaired) electrons. The Morgan fingerprint density at radius 2 is 2.13 bits per heavy atom. The SMILES string of the molecule is NC1(C2CNC2)NC=CN=C1Nc1ccc(OC(F)(F)F)nc1. The molecule has 7 nitrogen and oxygen atoms in total. The summed E-state index contributed by atoms with van der Waals surface area (Å²) in [7, 11) is 0. The highest BCUT2D eigenvalue weighted by Gasteiger charge is 2.43. The molecule has 3 rings (SSSR count). The zero-order chi connectivity index (χ0) is 16.5. The van der Waals surface area contributed by atoms with Crippen LogP contribution in [0.25, 0.3) is 0 Å². The molecule has 0 spiro atoms.